The first kappa shape index (κ1) is 12.8. The number of hydrogen-bond acceptors (Lipinski definition) is 2. The number of aryl methyl sites for hydroxylation is 2. The van der Waals surface area contributed by atoms with Crippen LogP contribution in [-0.4, -0.2) is 25.5 Å². The third-order valence-corrected chi connectivity index (χ3v) is 3.26. The standard InChI is InChI=1S/C15H20N2O/c1-11-3-4-14(12(2)9-11)15(18)17-10-13-5-7-16-8-6-13/h3-5,9,16H,6-8,10H2,1-2H3,(H,17,18). The summed E-state index contributed by atoms with van der Waals surface area (Å²) in [6.45, 7) is 6.59. The highest BCUT2D eigenvalue weighted by molar-refractivity contribution is 5.95. The molecular weight excluding hydrogens is 224 g/mol. The van der Waals surface area contributed by atoms with Crippen molar-refractivity contribution in [2.24, 2.45) is 0 Å². The molecule has 18 heavy (non-hydrogen) atoms. The summed E-state index contributed by atoms with van der Waals surface area (Å²) < 4.78 is 0. The Morgan fingerprint density at radius 2 is 2.22 bits per heavy atom. The van der Waals surface area contributed by atoms with Crippen molar-refractivity contribution in [2.45, 2.75) is 20.3 Å². The molecule has 2 N–H and O–H groups in total. The quantitative estimate of drug-likeness (QED) is 0.798. The Morgan fingerprint density at radius 1 is 1.39 bits per heavy atom. The van der Waals surface area contributed by atoms with Crippen molar-refractivity contribution < 1.29 is 4.79 Å². The van der Waals surface area contributed by atoms with Crippen molar-refractivity contribution in [1.82, 2.24) is 10.6 Å². The minimum atomic E-state index is 0.0203. The van der Waals surface area contributed by atoms with E-state index in [0.717, 1.165) is 30.6 Å². The molecule has 0 saturated heterocycles. The number of carbonyl (C=O) groups excluding carboxylic acids is 1. The maximum Gasteiger partial charge on any atom is 0.251 e. The molecule has 1 aromatic carbocycles. The third kappa shape index (κ3) is 3.20. The molecule has 1 aliphatic heterocycles. The molecule has 0 aliphatic carbocycles. The van der Waals surface area contributed by atoms with Crippen LogP contribution in [0.15, 0.2) is 29.8 Å². The van der Waals surface area contributed by atoms with Crippen LogP contribution in [0.25, 0.3) is 0 Å². The van der Waals surface area contributed by atoms with Crippen LogP contribution in [0.4, 0.5) is 0 Å². The smallest absolute Gasteiger partial charge is 0.251 e. The highest BCUT2D eigenvalue weighted by atomic mass is 16.1. The molecule has 2 rings (SSSR count). The van der Waals surface area contributed by atoms with Gasteiger partial charge in [-0.3, -0.25) is 4.79 Å². The van der Waals surface area contributed by atoms with E-state index in [9.17, 15) is 4.79 Å². The Balaban J connectivity index is 1.97. The molecule has 0 spiro atoms. The van der Waals surface area contributed by atoms with Gasteiger partial charge in [0.15, 0.2) is 0 Å². The minimum Gasteiger partial charge on any atom is -0.348 e. The summed E-state index contributed by atoms with van der Waals surface area (Å²) in [5.74, 6) is 0.0203. The predicted octanol–water partition coefficient (Wildman–Crippen LogP) is 1.95. The summed E-state index contributed by atoms with van der Waals surface area (Å²) in [5.41, 5.74) is 4.30. The SMILES string of the molecule is Cc1ccc(C(=O)NCC2=CCNCC2)c(C)c1. The van der Waals surface area contributed by atoms with Gasteiger partial charge in [-0.15, -0.1) is 0 Å². The van der Waals surface area contributed by atoms with E-state index < -0.39 is 0 Å². The molecule has 1 amide bonds. The zero-order valence-corrected chi connectivity index (χ0v) is 11.0. The fraction of sp³-hybridized carbons (Fsp3) is 0.400. The van der Waals surface area contributed by atoms with Crippen LogP contribution in [0.2, 0.25) is 0 Å². The van der Waals surface area contributed by atoms with E-state index >= 15 is 0 Å². The van der Waals surface area contributed by atoms with E-state index in [4.69, 9.17) is 0 Å². The summed E-state index contributed by atoms with van der Waals surface area (Å²) in [7, 11) is 0. The van der Waals surface area contributed by atoms with Gasteiger partial charge >= 0.3 is 0 Å². The Bertz CT molecular complexity index is 477. The van der Waals surface area contributed by atoms with Gasteiger partial charge in [0.1, 0.15) is 0 Å². The normalized spacial score (nSPS) is 15.1. The summed E-state index contributed by atoms with van der Waals surface area (Å²) in [4.78, 5) is 12.1. The second-order valence-corrected chi connectivity index (χ2v) is 4.82. The summed E-state index contributed by atoms with van der Waals surface area (Å²) in [6.07, 6.45) is 3.18. The average Bonchev–Trinajstić information content (AvgIpc) is 2.37. The zero-order chi connectivity index (χ0) is 13.0. The number of benzene rings is 1. The molecule has 1 heterocycles. The molecule has 0 bridgehead atoms. The molecule has 0 unspecified atom stereocenters. The summed E-state index contributed by atoms with van der Waals surface area (Å²) >= 11 is 0. The van der Waals surface area contributed by atoms with Crippen molar-refractivity contribution in [2.75, 3.05) is 19.6 Å². The minimum absolute atomic E-state index is 0.0203. The topological polar surface area (TPSA) is 41.1 Å². The molecular formula is C15H20N2O. The van der Waals surface area contributed by atoms with E-state index in [2.05, 4.69) is 16.7 Å². The third-order valence-electron chi connectivity index (χ3n) is 3.26. The van der Waals surface area contributed by atoms with E-state index in [1.54, 1.807) is 0 Å². The number of carbonyl (C=O) groups is 1. The van der Waals surface area contributed by atoms with E-state index in [1.807, 2.05) is 32.0 Å². The highest BCUT2D eigenvalue weighted by Crippen LogP contribution is 2.11. The molecule has 3 nitrogen and oxygen atoms in total. The van der Waals surface area contributed by atoms with Crippen molar-refractivity contribution in [3.8, 4) is 0 Å². The van der Waals surface area contributed by atoms with Gasteiger partial charge in [-0.1, -0.05) is 29.3 Å². The van der Waals surface area contributed by atoms with Crippen LogP contribution in [-0.2, 0) is 0 Å². The maximum atomic E-state index is 12.1. The van der Waals surface area contributed by atoms with E-state index in [0.29, 0.717) is 6.54 Å². The number of nitrogens with one attached hydrogen (secondary N) is 2. The van der Waals surface area contributed by atoms with Crippen LogP contribution >= 0.6 is 0 Å². The lowest BCUT2D eigenvalue weighted by Gasteiger charge is -2.15. The van der Waals surface area contributed by atoms with Gasteiger partial charge < -0.3 is 10.6 Å². The van der Waals surface area contributed by atoms with Crippen LogP contribution < -0.4 is 10.6 Å². The first-order valence-electron chi connectivity index (χ1n) is 6.41. The average molecular weight is 244 g/mol. The summed E-state index contributed by atoms with van der Waals surface area (Å²) in [5, 5.41) is 6.25. The van der Waals surface area contributed by atoms with Gasteiger partial charge in [-0.2, -0.15) is 0 Å². The molecule has 0 saturated carbocycles. The van der Waals surface area contributed by atoms with E-state index in [1.165, 1.54) is 11.1 Å². The van der Waals surface area contributed by atoms with Gasteiger partial charge in [-0.05, 0) is 38.4 Å². The molecule has 1 aliphatic rings. The van der Waals surface area contributed by atoms with Crippen LogP contribution in [0.5, 0.6) is 0 Å². The maximum absolute atomic E-state index is 12.1. The van der Waals surface area contributed by atoms with Crippen molar-refractivity contribution in [1.29, 1.82) is 0 Å². The largest absolute Gasteiger partial charge is 0.348 e. The van der Waals surface area contributed by atoms with Crippen molar-refractivity contribution in [3.05, 3.63) is 46.5 Å². The fourth-order valence-electron chi connectivity index (χ4n) is 2.19. The number of hydrogen-bond donors (Lipinski definition) is 2. The van der Waals surface area contributed by atoms with Gasteiger partial charge in [0.05, 0.1) is 0 Å². The van der Waals surface area contributed by atoms with Crippen molar-refractivity contribution >= 4 is 5.91 Å². The molecule has 3 heteroatoms. The van der Waals surface area contributed by atoms with Crippen LogP contribution in [0.3, 0.4) is 0 Å². The van der Waals surface area contributed by atoms with E-state index in [-0.39, 0.29) is 5.91 Å². The van der Waals surface area contributed by atoms with Crippen LogP contribution in [0.1, 0.15) is 27.9 Å². The molecule has 96 valence electrons. The van der Waals surface area contributed by atoms with Crippen molar-refractivity contribution in [3.63, 3.8) is 0 Å². The predicted molar refractivity (Wildman–Crippen MR) is 73.8 cm³/mol. The van der Waals surface area contributed by atoms with Gasteiger partial charge in [-0.25, -0.2) is 0 Å². The number of rotatable bonds is 3. The molecule has 0 aromatic heterocycles. The Kier molecular flexibility index (Phi) is 4.15. The van der Waals surface area contributed by atoms with Gasteiger partial charge in [0.25, 0.3) is 5.91 Å². The Morgan fingerprint density at radius 3 is 2.89 bits per heavy atom. The first-order chi connectivity index (χ1) is 8.66. The van der Waals surface area contributed by atoms with Gasteiger partial charge in [0, 0.05) is 18.7 Å². The number of amides is 1. The first-order valence-corrected chi connectivity index (χ1v) is 6.41. The molecule has 0 fully saturated rings. The molecule has 0 radical (unpaired) electrons. The summed E-state index contributed by atoms with van der Waals surface area (Å²) in [6, 6.07) is 5.92. The monoisotopic (exact) mass is 244 g/mol. The second kappa shape index (κ2) is 5.83. The Hall–Kier alpha value is -1.61. The molecule has 0 atom stereocenters. The zero-order valence-electron chi connectivity index (χ0n) is 11.0. The molecule has 1 aromatic rings. The fourth-order valence-corrected chi connectivity index (χ4v) is 2.19. The lowest BCUT2D eigenvalue weighted by Crippen LogP contribution is -2.30. The highest BCUT2D eigenvalue weighted by Gasteiger charge is 2.10. The van der Waals surface area contributed by atoms with Crippen LogP contribution in [0, 0.1) is 13.8 Å². The Labute approximate surface area is 108 Å². The van der Waals surface area contributed by atoms with Gasteiger partial charge in [0.2, 0.25) is 0 Å². The second-order valence-electron chi connectivity index (χ2n) is 4.82. The lowest BCUT2D eigenvalue weighted by atomic mass is 10.0. The lowest BCUT2D eigenvalue weighted by molar-refractivity contribution is 0.0956.